The van der Waals surface area contributed by atoms with E-state index < -0.39 is 5.79 Å². The summed E-state index contributed by atoms with van der Waals surface area (Å²) in [4.78, 5) is 35.2. The fourth-order valence-corrected chi connectivity index (χ4v) is 5.28. The number of anilines is 3. The molecule has 2 fully saturated rings. The predicted octanol–water partition coefficient (Wildman–Crippen LogP) is 4.06. The Hall–Kier alpha value is -3.54. The Morgan fingerprint density at radius 1 is 1.26 bits per heavy atom. The molecule has 3 aromatic heterocycles. The van der Waals surface area contributed by atoms with Gasteiger partial charge in [0.2, 0.25) is 5.88 Å². The summed E-state index contributed by atoms with van der Waals surface area (Å²) in [5.74, 6) is 0.597. The van der Waals surface area contributed by atoms with E-state index in [2.05, 4.69) is 25.2 Å². The summed E-state index contributed by atoms with van der Waals surface area (Å²) >= 11 is 6.66. The van der Waals surface area contributed by atoms with Crippen molar-refractivity contribution in [2.45, 2.75) is 45.1 Å². The number of nitrogens with zero attached hydrogens (tertiary/aromatic N) is 6. The minimum Gasteiger partial charge on any atom is -0.474 e. The van der Waals surface area contributed by atoms with Crippen molar-refractivity contribution < 1.29 is 19.0 Å². The molecule has 3 aromatic rings. The summed E-state index contributed by atoms with van der Waals surface area (Å²) in [6.07, 6.45) is 5.31. The lowest BCUT2D eigenvalue weighted by Gasteiger charge is -2.36. The van der Waals surface area contributed by atoms with Crippen LogP contribution in [0.5, 0.6) is 5.88 Å². The third-order valence-electron chi connectivity index (χ3n) is 6.77. The molecule has 6 heterocycles. The molecule has 0 aromatic carbocycles. The smallest absolute Gasteiger partial charge is 0.329 e. The van der Waals surface area contributed by atoms with Crippen LogP contribution < -0.4 is 19.9 Å². The number of ether oxygens (including phenoxy) is 3. The summed E-state index contributed by atoms with van der Waals surface area (Å²) in [6.45, 7) is 7.92. The van der Waals surface area contributed by atoms with E-state index in [4.69, 9.17) is 30.8 Å². The van der Waals surface area contributed by atoms with Gasteiger partial charge in [-0.15, -0.1) is 0 Å². The number of rotatable bonds is 5. The van der Waals surface area contributed by atoms with Crippen molar-refractivity contribution in [3.8, 4) is 17.1 Å². The van der Waals surface area contributed by atoms with Crippen molar-refractivity contribution >= 4 is 35.0 Å². The van der Waals surface area contributed by atoms with Gasteiger partial charge in [-0.3, -0.25) is 15.2 Å². The number of halogens is 1. The molecule has 0 aliphatic carbocycles. The molecule has 6 rings (SSSR count). The van der Waals surface area contributed by atoms with Gasteiger partial charge in [-0.25, -0.2) is 19.7 Å². The van der Waals surface area contributed by atoms with Gasteiger partial charge in [0.05, 0.1) is 41.4 Å². The quantitative estimate of drug-likeness (QED) is 0.514. The molecule has 0 saturated carbocycles. The van der Waals surface area contributed by atoms with E-state index in [-0.39, 0.29) is 18.2 Å². The Morgan fingerprint density at radius 3 is 2.87 bits per heavy atom. The first-order valence-electron chi connectivity index (χ1n) is 12.5. The molecule has 2 amide bonds. The average Bonchev–Trinajstić information content (AvgIpc) is 3.47. The first-order valence-corrected chi connectivity index (χ1v) is 12.9. The first kappa shape index (κ1) is 24.8. The Kier molecular flexibility index (Phi) is 6.29. The van der Waals surface area contributed by atoms with Crippen LogP contribution in [0.15, 0.2) is 36.8 Å². The summed E-state index contributed by atoms with van der Waals surface area (Å²) in [6, 6.07) is 5.34. The molecule has 0 spiro atoms. The number of urea groups is 1. The standard InChI is InChI=1S/C26H28ClN7O4/c1-15-8-16(4-6-28-15)23-19(27)9-20-24(32-23)34(17-5-7-33(20)12-17)25(35)31-21-10-30-22(11-29-21)36-13-18-14-37-26(2,3)38-18/h4,6,8-11,17-18H,5,7,12-14H2,1-3H3,(H,29,31,35)/t17-,18+/m0/s1. The van der Waals surface area contributed by atoms with Gasteiger partial charge in [-0.05, 0) is 45.4 Å². The zero-order valence-electron chi connectivity index (χ0n) is 21.3. The number of pyridine rings is 2. The normalized spacial score (nSPS) is 21.4. The highest BCUT2D eigenvalue weighted by atomic mass is 35.5. The van der Waals surface area contributed by atoms with E-state index in [1.54, 1.807) is 11.1 Å². The number of fused-ring (bicyclic) bond motifs is 4. The minimum absolute atomic E-state index is 0.0170. The van der Waals surface area contributed by atoms with Gasteiger partial charge in [0.25, 0.3) is 0 Å². The summed E-state index contributed by atoms with van der Waals surface area (Å²) in [5.41, 5.74) is 3.15. The second-order valence-electron chi connectivity index (χ2n) is 10.0. The number of hydrogen-bond donors (Lipinski definition) is 1. The maximum Gasteiger partial charge on any atom is 0.329 e. The fraction of sp³-hybridized carbons (Fsp3) is 0.423. The second-order valence-corrected chi connectivity index (χ2v) is 10.4. The van der Waals surface area contributed by atoms with E-state index >= 15 is 0 Å². The number of aryl methyl sites for hydroxylation is 1. The van der Waals surface area contributed by atoms with Gasteiger partial charge >= 0.3 is 6.03 Å². The van der Waals surface area contributed by atoms with Gasteiger partial charge in [-0.2, -0.15) is 0 Å². The summed E-state index contributed by atoms with van der Waals surface area (Å²) in [7, 11) is 0. The minimum atomic E-state index is -0.616. The highest BCUT2D eigenvalue weighted by Crippen LogP contribution is 2.43. The third kappa shape index (κ3) is 4.84. The largest absolute Gasteiger partial charge is 0.474 e. The van der Waals surface area contributed by atoms with Gasteiger partial charge < -0.3 is 19.1 Å². The van der Waals surface area contributed by atoms with Crippen LogP contribution in [0.2, 0.25) is 5.02 Å². The molecule has 0 unspecified atom stereocenters. The number of amides is 2. The average molecular weight is 538 g/mol. The molecule has 0 radical (unpaired) electrons. The molecule has 2 saturated heterocycles. The molecule has 3 aliphatic heterocycles. The first-order chi connectivity index (χ1) is 18.3. The number of aromatic nitrogens is 4. The third-order valence-corrected chi connectivity index (χ3v) is 7.06. The number of carbonyl (C=O) groups is 1. The molecule has 12 heteroatoms. The van der Waals surface area contributed by atoms with Crippen LogP contribution in [-0.2, 0) is 9.47 Å². The van der Waals surface area contributed by atoms with Crippen molar-refractivity contribution in [1.29, 1.82) is 0 Å². The monoisotopic (exact) mass is 537 g/mol. The van der Waals surface area contributed by atoms with Crippen LogP contribution in [-0.4, -0.2) is 70.2 Å². The van der Waals surface area contributed by atoms with Crippen LogP contribution in [0.3, 0.4) is 0 Å². The zero-order valence-corrected chi connectivity index (χ0v) is 22.1. The Bertz CT molecular complexity index is 1370. The molecular weight excluding hydrogens is 510 g/mol. The van der Waals surface area contributed by atoms with Gasteiger partial charge in [0.15, 0.2) is 17.4 Å². The zero-order chi connectivity index (χ0) is 26.4. The lowest BCUT2D eigenvalue weighted by Crippen LogP contribution is -2.48. The van der Waals surface area contributed by atoms with Gasteiger partial charge in [0, 0.05) is 30.5 Å². The second kappa shape index (κ2) is 9.64. The number of hydrogen-bond acceptors (Lipinski definition) is 9. The van der Waals surface area contributed by atoms with E-state index in [0.29, 0.717) is 48.0 Å². The highest BCUT2D eigenvalue weighted by molar-refractivity contribution is 6.33. The van der Waals surface area contributed by atoms with Crippen LogP contribution in [0.1, 0.15) is 26.0 Å². The van der Waals surface area contributed by atoms with Crippen molar-refractivity contribution in [2.75, 3.05) is 41.4 Å². The van der Waals surface area contributed by atoms with E-state index in [1.807, 2.05) is 39.0 Å². The Balaban J connectivity index is 1.20. The van der Waals surface area contributed by atoms with Crippen LogP contribution >= 0.6 is 11.6 Å². The Labute approximate surface area is 225 Å². The lowest BCUT2D eigenvalue weighted by molar-refractivity contribution is -0.141. The van der Waals surface area contributed by atoms with E-state index in [0.717, 1.165) is 29.9 Å². The predicted molar refractivity (Wildman–Crippen MR) is 142 cm³/mol. The van der Waals surface area contributed by atoms with Crippen LogP contribution in [0.4, 0.5) is 22.1 Å². The SMILES string of the molecule is Cc1cc(-c2nc3c(cc2Cl)N2CC[C@@H](C2)N3C(=O)Nc2cnc(OC[C@@H]3COC(C)(C)O3)cn2)ccn1. The Morgan fingerprint density at radius 2 is 2.13 bits per heavy atom. The van der Waals surface area contributed by atoms with Gasteiger partial charge in [0.1, 0.15) is 12.7 Å². The van der Waals surface area contributed by atoms with Crippen molar-refractivity contribution in [1.82, 2.24) is 19.9 Å². The van der Waals surface area contributed by atoms with Crippen LogP contribution in [0, 0.1) is 6.92 Å². The molecule has 1 N–H and O–H groups in total. The molecular formula is C26H28ClN7O4. The van der Waals surface area contributed by atoms with Gasteiger partial charge in [-0.1, -0.05) is 11.6 Å². The van der Waals surface area contributed by atoms with Crippen molar-refractivity contribution in [2.24, 2.45) is 0 Å². The summed E-state index contributed by atoms with van der Waals surface area (Å²) in [5, 5.41) is 3.39. The topological polar surface area (TPSA) is 115 Å². The maximum absolute atomic E-state index is 13.5. The molecule has 2 bridgehead atoms. The molecule has 11 nitrogen and oxygen atoms in total. The number of nitrogens with one attached hydrogen (secondary N) is 1. The molecule has 198 valence electrons. The lowest BCUT2D eigenvalue weighted by atomic mass is 10.1. The van der Waals surface area contributed by atoms with E-state index in [1.165, 1.54) is 12.4 Å². The molecule has 2 atom stereocenters. The molecule has 3 aliphatic rings. The van der Waals surface area contributed by atoms with Crippen LogP contribution in [0.25, 0.3) is 11.3 Å². The fourth-order valence-electron chi connectivity index (χ4n) is 5.03. The van der Waals surface area contributed by atoms with Crippen molar-refractivity contribution in [3.63, 3.8) is 0 Å². The van der Waals surface area contributed by atoms with Crippen molar-refractivity contribution in [3.05, 3.63) is 47.5 Å². The summed E-state index contributed by atoms with van der Waals surface area (Å²) < 4.78 is 17.0. The number of carbonyl (C=O) groups excluding carboxylic acids is 1. The molecule has 38 heavy (non-hydrogen) atoms. The highest BCUT2D eigenvalue weighted by Gasteiger charge is 2.41. The maximum atomic E-state index is 13.5. The van der Waals surface area contributed by atoms with E-state index in [9.17, 15) is 4.79 Å².